The fourth-order valence-corrected chi connectivity index (χ4v) is 7.14. The molecular formula is C17H40P2. The van der Waals surface area contributed by atoms with Crippen molar-refractivity contribution in [2.45, 2.75) is 97.3 Å². The van der Waals surface area contributed by atoms with Crippen LogP contribution in [0.5, 0.6) is 0 Å². The first-order valence-corrected chi connectivity index (χ1v) is 13.7. The fraction of sp³-hybridized carbons (Fsp3) is 1.00. The van der Waals surface area contributed by atoms with Gasteiger partial charge in [0.15, 0.2) is 0 Å². The van der Waals surface area contributed by atoms with E-state index in [9.17, 15) is 0 Å². The molecule has 0 spiro atoms. The summed E-state index contributed by atoms with van der Waals surface area (Å²) in [5, 5.41) is 0. The Bertz CT molecular complexity index is 132. The average molecular weight is 306 g/mol. The zero-order chi connectivity index (χ0) is 14.0. The van der Waals surface area contributed by atoms with Crippen molar-refractivity contribution in [2.75, 3.05) is 12.3 Å². The van der Waals surface area contributed by atoms with E-state index >= 15 is 0 Å². The summed E-state index contributed by atoms with van der Waals surface area (Å²) in [5.74, 6) is 0. The van der Waals surface area contributed by atoms with Crippen molar-refractivity contribution in [3.8, 4) is 0 Å². The van der Waals surface area contributed by atoms with Crippen molar-refractivity contribution in [1.82, 2.24) is 0 Å². The van der Waals surface area contributed by atoms with Crippen LogP contribution in [-0.2, 0) is 0 Å². The summed E-state index contributed by atoms with van der Waals surface area (Å²) in [6.45, 7) is 4.60. The van der Waals surface area contributed by atoms with Crippen LogP contribution < -0.4 is 0 Å². The summed E-state index contributed by atoms with van der Waals surface area (Å²) < 4.78 is 0. The Balaban J connectivity index is 2.88. The van der Waals surface area contributed by atoms with Gasteiger partial charge in [0.2, 0.25) is 0 Å². The van der Waals surface area contributed by atoms with Gasteiger partial charge in [-0.25, -0.2) is 0 Å². The van der Waals surface area contributed by atoms with Gasteiger partial charge in [0.25, 0.3) is 0 Å². The standard InChI is InChI=1S/C17H40P2/c1-3-5-7-9-11-13-15-17-19-18-16-14-12-10-8-6-4-2/h19H,3-17H2,1-2,18H3. The molecule has 0 aromatic heterocycles. The molecule has 118 valence electrons. The first-order chi connectivity index (χ1) is 9.41. The van der Waals surface area contributed by atoms with E-state index in [1.165, 1.54) is 85.3 Å². The normalized spacial score (nSPS) is 11.9. The van der Waals surface area contributed by atoms with Gasteiger partial charge in [-0.15, -0.1) is 0 Å². The Kier molecular flexibility index (Phi) is 19.7. The Hall–Kier alpha value is 0.860. The van der Waals surface area contributed by atoms with Gasteiger partial charge in [-0.2, -0.15) is 0 Å². The van der Waals surface area contributed by atoms with Crippen LogP contribution in [0.3, 0.4) is 0 Å². The van der Waals surface area contributed by atoms with Crippen LogP contribution >= 0.6 is 16.5 Å². The molecule has 0 aliphatic heterocycles. The molecule has 0 aromatic carbocycles. The van der Waals surface area contributed by atoms with Crippen LogP contribution in [0.2, 0.25) is 0 Å². The van der Waals surface area contributed by atoms with Crippen molar-refractivity contribution >= 4 is 16.5 Å². The Morgan fingerprint density at radius 3 is 1.63 bits per heavy atom. The van der Waals surface area contributed by atoms with Gasteiger partial charge in [0.05, 0.1) is 0 Å². The maximum absolute atomic E-state index is 2.30. The molecule has 1 unspecified atom stereocenters. The van der Waals surface area contributed by atoms with E-state index in [2.05, 4.69) is 13.8 Å². The molecule has 0 aliphatic carbocycles. The minimum absolute atomic E-state index is 0.352. The quantitative estimate of drug-likeness (QED) is 0.216. The Morgan fingerprint density at radius 2 is 1.05 bits per heavy atom. The third-order valence-corrected chi connectivity index (χ3v) is 9.01. The molecule has 19 heavy (non-hydrogen) atoms. The van der Waals surface area contributed by atoms with Crippen LogP contribution in [0.4, 0.5) is 0 Å². The van der Waals surface area contributed by atoms with Crippen LogP contribution in [0.1, 0.15) is 97.3 Å². The molecule has 0 saturated heterocycles. The molecule has 0 fully saturated rings. The van der Waals surface area contributed by atoms with E-state index in [-0.39, 0.29) is 0 Å². The summed E-state index contributed by atoms with van der Waals surface area (Å²) in [6, 6.07) is 0. The van der Waals surface area contributed by atoms with E-state index in [1.807, 2.05) is 0 Å². The number of hydrogen-bond donors (Lipinski definition) is 0. The van der Waals surface area contributed by atoms with Gasteiger partial charge in [0, 0.05) is 0 Å². The first kappa shape index (κ1) is 19.9. The zero-order valence-electron chi connectivity index (χ0n) is 13.8. The van der Waals surface area contributed by atoms with Crippen molar-refractivity contribution in [3.63, 3.8) is 0 Å². The molecule has 0 amide bonds. The second kappa shape index (κ2) is 18.9. The van der Waals surface area contributed by atoms with E-state index in [0.29, 0.717) is 8.27 Å². The molecule has 0 heterocycles. The number of rotatable bonds is 16. The molecule has 0 bridgehead atoms. The van der Waals surface area contributed by atoms with Gasteiger partial charge in [-0.3, -0.25) is 0 Å². The van der Waals surface area contributed by atoms with E-state index < -0.39 is 0 Å². The van der Waals surface area contributed by atoms with Crippen LogP contribution in [-0.4, -0.2) is 12.3 Å². The first-order valence-electron chi connectivity index (χ1n) is 9.12. The third kappa shape index (κ3) is 18.9. The summed E-state index contributed by atoms with van der Waals surface area (Å²) >= 11 is 0. The number of unbranched alkanes of at least 4 members (excludes halogenated alkanes) is 11. The van der Waals surface area contributed by atoms with Crippen molar-refractivity contribution < 1.29 is 0 Å². The van der Waals surface area contributed by atoms with Crippen LogP contribution in [0.15, 0.2) is 0 Å². The zero-order valence-corrected chi connectivity index (χ0v) is 16.2. The van der Waals surface area contributed by atoms with Gasteiger partial charge in [-0.1, -0.05) is 0 Å². The summed E-state index contributed by atoms with van der Waals surface area (Å²) in [7, 11) is 1.75. The second-order valence-corrected chi connectivity index (χ2v) is 11.2. The molecule has 0 N–H and O–H groups in total. The monoisotopic (exact) mass is 306 g/mol. The molecule has 1 atom stereocenters. The Labute approximate surface area is 126 Å². The van der Waals surface area contributed by atoms with Crippen molar-refractivity contribution in [1.29, 1.82) is 0 Å². The van der Waals surface area contributed by atoms with E-state index in [0.717, 1.165) is 0 Å². The van der Waals surface area contributed by atoms with E-state index in [1.54, 1.807) is 18.7 Å². The van der Waals surface area contributed by atoms with E-state index in [4.69, 9.17) is 0 Å². The van der Waals surface area contributed by atoms with Gasteiger partial charge < -0.3 is 0 Å². The summed E-state index contributed by atoms with van der Waals surface area (Å²) in [5.41, 5.74) is 0. The molecule has 0 rings (SSSR count). The molecule has 0 aliphatic rings. The van der Waals surface area contributed by atoms with Crippen molar-refractivity contribution in [3.05, 3.63) is 0 Å². The summed E-state index contributed by atoms with van der Waals surface area (Å²) in [6.07, 6.45) is 22.5. The molecular weight excluding hydrogens is 266 g/mol. The van der Waals surface area contributed by atoms with Gasteiger partial charge in [0.1, 0.15) is 0 Å². The summed E-state index contributed by atoms with van der Waals surface area (Å²) in [4.78, 5) is 0. The predicted molar refractivity (Wildman–Crippen MR) is 101 cm³/mol. The Morgan fingerprint density at radius 1 is 0.579 bits per heavy atom. The third-order valence-electron chi connectivity index (χ3n) is 3.91. The second-order valence-electron chi connectivity index (χ2n) is 5.99. The van der Waals surface area contributed by atoms with Crippen molar-refractivity contribution in [2.24, 2.45) is 0 Å². The fourth-order valence-electron chi connectivity index (χ4n) is 2.54. The topological polar surface area (TPSA) is 0 Å². The van der Waals surface area contributed by atoms with Gasteiger partial charge >= 0.3 is 126 Å². The maximum atomic E-state index is 2.30. The molecule has 0 saturated carbocycles. The SMILES string of the molecule is CCCCCCCCCP[PH3]CCCCCCCC. The predicted octanol–water partition coefficient (Wildman–Crippen LogP) is 6.83. The molecule has 0 aromatic rings. The molecule has 2 heteroatoms. The molecule has 0 nitrogen and oxygen atoms in total. The number of hydrogen-bond acceptors (Lipinski definition) is 0. The molecule has 0 radical (unpaired) electrons. The van der Waals surface area contributed by atoms with Crippen LogP contribution in [0, 0.1) is 0 Å². The minimum atomic E-state index is 0.352. The van der Waals surface area contributed by atoms with Gasteiger partial charge in [-0.05, 0) is 0 Å². The van der Waals surface area contributed by atoms with Crippen LogP contribution in [0.25, 0.3) is 0 Å². The average Bonchev–Trinajstić information content (AvgIpc) is 2.43.